The molecular formula is C24H29ClN4O. The van der Waals surface area contributed by atoms with Crippen molar-refractivity contribution >= 4 is 17.5 Å². The van der Waals surface area contributed by atoms with Crippen molar-refractivity contribution in [1.82, 2.24) is 20.0 Å². The van der Waals surface area contributed by atoms with Crippen molar-refractivity contribution in [1.29, 1.82) is 0 Å². The summed E-state index contributed by atoms with van der Waals surface area (Å²) < 4.78 is 1.86. The first-order valence-corrected chi connectivity index (χ1v) is 10.4. The van der Waals surface area contributed by atoms with Gasteiger partial charge in [0, 0.05) is 29.4 Å². The van der Waals surface area contributed by atoms with Gasteiger partial charge in [0.25, 0.3) is 0 Å². The second-order valence-corrected chi connectivity index (χ2v) is 8.36. The molecule has 6 heteroatoms. The summed E-state index contributed by atoms with van der Waals surface area (Å²) in [5, 5.41) is 8.41. The Morgan fingerprint density at radius 1 is 1.10 bits per heavy atom. The quantitative estimate of drug-likeness (QED) is 0.612. The molecule has 0 aliphatic carbocycles. The van der Waals surface area contributed by atoms with Gasteiger partial charge in [0.15, 0.2) is 0 Å². The van der Waals surface area contributed by atoms with Crippen molar-refractivity contribution in [2.45, 2.75) is 40.3 Å². The normalized spacial score (nSPS) is 11.2. The maximum absolute atomic E-state index is 12.7. The van der Waals surface area contributed by atoms with E-state index in [2.05, 4.69) is 27.4 Å². The highest BCUT2D eigenvalue weighted by Crippen LogP contribution is 2.23. The second kappa shape index (κ2) is 9.45. The Morgan fingerprint density at radius 2 is 1.80 bits per heavy atom. The minimum Gasteiger partial charge on any atom is -0.352 e. The highest BCUT2D eigenvalue weighted by molar-refractivity contribution is 6.31. The SMILES string of the molecule is Cc1ccc(-n2nc(C)c(CC(=O)NCc3ccccc3CN(C)C)c2C)cc1Cl. The van der Waals surface area contributed by atoms with Crippen molar-refractivity contribution in [3.8, 4) is 5.69 Å². The first-order chi connectivity index (χ1) is 14.3. The Morgan fingerprint density at radius 3 is 2.47 bits per heavy atom. The molecule has 0 aliphatic heterocycles. The number of carbonyl (C=O) groups is 1. The van der Waals surface area contributed by atoms with E-state index < -0.39 is 0 Å². The molecule has 0 saturated carbocycles. The van der Waals surface area contributed by atoms with Crippen molar-refractivity contribution < 1.29 is 4.79 Å². The van der Waals surface area contributed by atoms with Crippen molar-refractivity contribution in [2.75, 3.05) is 14.1 Å². The monoisotopic (exact) mass is 424 g/mol. The Bertz CT molecular complexity index is 1060. The van der Waals surface area contributed by atoms with E-state index in [0.717, 1.165) is 40.3 Å². The molecular weight excluding hydrogens is 396 g/mol. The lowest BCUT2D eigenvalue weighted by Crippen LogP contribution is -2.26. The van der Waals surface area contributed by atoms with Crippen LogP contribution in [0.25, 0.3) is 5.69 Å². The smallest absolute Gasteiger partial charge is 0.224 e. The lowest BCUT2D eigenvalue weighted by molar-refractivity contribution is -0.120. The minimum absolute atomic E-state index is 0.0117. The predicted molar refractivity (Wildman–Crippen MR) is 122 cm³/mol. The number of benzene rings is 2. The summed E-state index contributed by atoms with van der Waals surface area (Å²) in [6, 6.07) is 14.1. The number of aromatic nitrogens is 2. The van der Waals surface area contributed by atoms with Gasteiger partial charge in [0.2, 0.25) is 5.91 Å². The molecule has 1 amide bonds. The van der Waals surface area contributed by atoms with Crippen LogP contribution in [0.5, 0.6) is 0 Å². The third-order valence-electron chi connectivity index (χ3n) is 5.26. The Hall–Kier alpha value is -2.63. The van der Waals surface area contributed by atoms with Gasteiger partial charge in [0.1, 0.15) is 0 Å². The molecule has 0 spiro atoms. The summed E-state index contributed by atoms with van der Waals surface area (Å²) in [5.74, 6) is -0.0117. The van der Waals surface area contributed by atoms with Gasteiger partial charge in [-0.05, 0) is 63.7 Å². The predicted octanol–water partition coefficient (Wildman–Crippen LogP) is 4.37. The number of nitrogens with one attached hydrogen (secondary N) is 1. The molecule has 0 aliphatic rings. The van der Waals surface area contributed by atoms with E-state index in [4.69, 9.17) is 11.6 Å². The fourth-order valence-corrected chi connectivity index (χ4v) is 3.71. The number of halogens is 1. The third-order valence-corrected chi connectivity index (χ3v) is 5.67. The van der Waals surface area contributed by atoms with Gasteiger partial charge in [-0.1, -0.05) is 41.9 Å². The van der Waals surface area contributed by atoms with E-state index in [1.54, 1.807) is 0 Å². The van der Waals surface area contributed by atoms with Crippen LogP contribution < -0.4 is 5.32 Å². The summed E-state index contributed by atoms with van der Waals surface area (Å²) in [6.07, 6.45) is 0.299. The molecule has 1 N–H and O–H groups in total. The fourth-order valence-electron chi connectivity index (χ4n) is 3.54. The summed E-state index contributed by atoms with van der Waals surface area (Å²) >= 11 is 6.28. The number of carbonyl (C=O) groups excluding carboxylic acids is 1. The van der Waals surface area contributed by atoms with Gasteiger partial charge in [-0.2, -0.15) is 5.10 Å². The van der Waals surface area contributed by atoms with Crippen LogP contribution in [0.15, 0.2) is 42.5 Å². The molecule has 0 radical (unpaired) electrons. The largest absolute Gasteiger partial charge is 0.352 e. The maximum Gasteiger partial charge on any atom is 0.224 e. The molecule has 3 rings (SSSR count). The summed E-state index contributed by atoms with van der Waals surface area (Å²) in [4.78, 5) is 14.8. The number of rotatable bonds is 7. The summed E-state index contributed by atoms with van der Waals surface area (Å²) in [7, 11) is 4.08. The fraction of sp³-hybridized carbons (Fsp3) is 0.333. The van der Waals surface area contributed by atoms with Crippen LogP contribution in [0.3, 0.4) is 0 Å². The molecule has 1 heterocycles. The van der Waals surface area contributed by atoms with E-state index in [9.17, 15) is 4.79 Å². The van der Waals surface area contributed by atoms with E-state index in [0.29, 0.717) is 18.0 Å². The molecule has 1 aromatic heterocycles. The molecule has 3 aromatic rings. The second-order valence-electron chi connectivity index (χ2n) is 7.95. The Balaban J connectivity index is 1.72. The average molecular weight is 425 g/mol. The standard InChI is InChI=1S/C24H29ClN4O/c1-16-10-11-21(12-23(16)25)29-18(3)22(17(2)27-29)13-24(30)26-14-19-8-6-7-9-20(19)15-28(4)5/h6-12H,13-15H2,1-5H3,(H,26,30). The lowest BCUT2D eigenvalue weighted by atomic mass is 10.1. The zero-order chi connectivity index (χ0) is 21.8. The van der Waals surface area contributed by atoms with Crippen LogP contribution >= 0.6 is 11.6 Å². The van der Waals surface area contributed by atoms with Gasteiger partial charge >= 0.3 is 0 Å². The molecule has 0 atom stereocenters. The van der Waals surface area contributed by atoms with Crippen LogP contribution in [0.1, 0.15) is 33.6 Å². The molecule has 0 bridgehead atoms. The number of nitrogens with zero attached hydrogens (tertiary/aromatic N) is 3. The molecule has 0 fully saturated rings. The topological polar surface area (TPSA) is 50.2 Å². The van der Waals surface area contributed by atoms with E-state index in [1.807, 2.05) is 69.9 Å². The van der Waals surface area contributed by atoms with Crippen LogP contribution in [0.4, 0.5) is 0 Å². The zero-order valence-electron chi connectivity index (χ0n) is 18.3. The lowest BCUT2D eigenvalue weighted by Gasteiger charge is -2.14. The highest BCUT2D eigenvalue weighted by atomic mass is 35.5. The van der Waals surface area contributed by atoms with E-state index in [-0.39, 0.29) is 5.91 Å². The average Bonchev–Trinajstić information content (AvgIpc) is 2.97. The van der Waals surface area contributed by atoms with E-state index >= 15 is 0 Å². The van der Waals surface area contributed by atoms with Gasteiger partial charge in [-0.15, -0.1) is 0 Å². The van der Waals surface area contributed by atoms with Gasteiger partial charge in [-0.3, -0.25) is 4.79 Å². The van der Waals surface area contributed by atoms with Gasteiger partial charge in [-0.25, -0.2) is 4.68 Å². The molecule has 0 saturated heterocycles. The summed E-state index contributed by atoms with van der Waals surface area (Å²) in [6.45, 7) is 7.26. The molecule has 30 heavy (non-hydrogen) atoms. The van der Waals surface area contributed by atoms with Crippen LogP contribution in [-0.2, 0) is 24.3 Å². The third kappa shape index (κ3) is 5.10. The van der Waals surface area contributed by atoms with Crippen LogP contribution in [-0.4, -0.2) is 34.7 Å². The molecule has 5 nitrogen and oxygen atoms in total. The van der Waals surface area contributed by atoms with E-state index in [1.165, 1.54) is 5.56 Å². The van der Waals surface area contributed by atoms with Crippen molar-refractivity contribution in [2.24, 2.45) is 0 Å². The minimum atomic E-state index is -0.0117. The first-order valence-electron chi connectivity index (χ1n) is 10.1. The molecule has 2 aromatic carbocycles. The maximum atomic E-state index is 12.7. The number of amides is 1. The van der Waals surface area contributed by atoms with Gasteiger partial charge in [0.05, 0.1) is 17.8 Å². The highest BCUT2D eigenvalue weighted by Gasteiger charge is 2.16. The first kappa shape index (κ1) is 22.1. The number of aryl methyl sites for hydroxylation is 2. The molecule has 158 valence electrons. The Labute approximate surface area is 183 Å². The zero-order valence-corrected chi connectivity index (χ0v) is 19.0. The number of hydrogen-bond donors (Lipinski definition) is 1. The Kier molecular flexibility index (Phi) is 6.95. The van der Waals surface area contributed by atoms with Crippen molar-refractivity contribution in [3.63, 3.8) is 0 Å². The summed E-state index contributed by atoms with van der Waals surface area (Å²) in [5.41, 5.74) is 7.04. The number of hydrogen-bond acceptors (Lipinski definition) is 3. The van der Waals surface area contributed by atoms with Crippen LogP contribution in [0.2, 0.25) is 5.02 Å². The van der Waals surface area contributed by atoms with Crippen molar-refractivity contribution in [3.05, 3.63) is 81.1 Å². The van der Waals surface area contributed by atoms with Gasteiger partial charge < -0.3 is 10.2 Å². The molecule has 0 unspecified atom stereocenters. The van der Waals surface area contributed by atoms with Crippen LogP contribution in [0, 0.1) is 20.8 Å².